The lowest BCUT2D eigenvalue weighted by Crippen LogP contribution is -2.30. The summed E-state index contributed by atoms with van der Waals surface area (Å²) in [5.41, 5.74) is -0.336. The van der Waals surface area contributed by atoms with Crippen LogP contribution in [-0.4, -0.2) is 23.9 Å². The summed E-state index contributed by atoms with van der Waals surface area (Å²) >= 11 is 1.37. The number of ether oxygens (including phenoxy) is 1. The van der Waals surface area contributed by atoms with Gasteiger partial charge in [0.2, 0.25) is 0 Å². The van der Waals surface area contributed by atoms with Gasteiger partial charge in [0.15, 0.2) is 0 Å². The van der Waals surface area contributed by atoms with Crippen molar-refractivity contribution in [2.75, 3.05) is 7.11 Å². The molecular weight excluding hydrogens is 320 g/mol. The standard InChI is InChI=1S/C15H14N2O5S/c1-22-14(18)9-11(13-7-4-8-23-13)16-15(19)10-5-2-3-6-12(10)17(20)21/h2-8,11H,9H2,1H3,(H,16,19). The van der Waals surface area contributed by atoms with Gasteiger partial charge in [0.1, 0.15) is 5.56 Å². The molecule has 0 aliphatic rings. The van der Waals surface area contributed by atoms with Gasteiger partial charge in [0, 0.05) is 10.9 Å². The van der Waals surface area contributed by atoms with Crippen LogP contribution in [0.15, 0.2) is 41.8 Å². The number of nitro groups is 1. The van der Waals surface area contributed by atoms with E-state index in [9.17, 15) is 19.7 Å². The summed E-state index contributed by atoms with van der Waals surface area (Å²) in [6.45, 7) is 0. The molecule has 2 aromatic rings. The average molecular weight is 334 g/mol. The number of nitro benzene ring substituents is 1. The van der Waals surface area contributed by atoms with E-state index in [0.29, 0.717) is 0 Å². The number of carbonyl (C=O) groups is 2. The molecule has 7 nitrogen and oxygen atoms in total. The third kappa shape index (κ3) is 4.13. The third-order valence-electron chi connectivity index (χ3n) is 3.14. The molecule has 0 aliphatic carbocycles. The van der Waals surface area contributed by atoms with Gasteiger partial charge in [-0.05, 0) is 17.5 Å². The molecule has 0 saturated heterocycles. The summed E-state index contributed by atoms with van der Waals surface area (Å²) < 4.78 is 4.63. The highest BCUT2D eigenvalue weighted by Gasteiger charge is 2.24. The van der Waals surface area contributed by atoms with Crippen molar-refractivity contribution in [3.05, 3.63) is 62.3 Å². The Morgan fingerprint density at radius 3 is 2.65 bits per heavy atom. The second-order valence-corrected chi connectivity index (χ2v) is 5.58. The predicted molar refractivity (Wildman–Crippen MR) is 84.3 cm³/mol. The summed E-state index contributed by atoms with van der Waals surface area (Å²) in [6.07, 6.45) is -0.0522. The average Bonchev–Trinajstić information content (AvgIpc) is 3.08. The highest BCUT2D eigenvalue weighted by Crippen LogP contribution is 2.24. The molecule has 0 aliphatic heterocycles. The van der Waals surface area contributed by atoms with E-state index in [0.717, 1.165) is 4.88 Å². The largest absolute Gasteiger partial charge is 0.469 e. The number of rotatable bonds is 6. The van der Waals surface area contributed by atoms with E-state index in [-0.39, 0.29) is 17.7 Å². The van der Waals surface area contributed by atoms with E-state index in [1.54, 1.807) is 18.2 Å². The third-order valence-corrected chi connectivity index (χ3v) is 4.12. The molecule has 0 spiro atoms. The van der Waals surface area contributed by atoms with Gasteiger partial charge in [0.25, 0.3) is 11.6 Å². The van der Waals surface area contributed by atoms with Gasteiger partial charge in [0.05, 0.1) is 24.5 Å². The zero-order chi connectivity index (χ0) is 16.8. The van der Waals surface area contributed by atoms with Gasteiger partial charge in [-0.1, -0.05) is 18.2 Å². The number of esters is 1. The zero-order valence-electron chi connectivity index (χ0n) is 12.2. The number of benzene rings is 1. The van der Waals surface area contributed by atoms with Crippen LogP contribution in [-0.2, 0) is 9.53 Å². The molecular formula is C15H14N2O5S. The molecule has 1 unspecified atom stereocenters. The molecule has 120 valence electrons. The quantitative estimate of drug-likeness (QED) is 0.497. The molecule has 1 atom stereocenters. The number of nitrogens with one attached hydrogen (secondary N) is 1. The van der Waals surface area contributed by atoms with E-state index in [1.807, 2.05) is 5.38 Å². The fourth-order valence-corrected chi connectivity index (χ4v) is 2.80. The summed E-state index contributed by atoms with van der Waals surface area (Å²) in [4.78, 5) is 35.1. The van der Waals surface area contributed by atoms with Gasteiger partial charge in [-0.3, -0.25) is 19.7 Å². The van der Waals surface area contributed by atoms with Crippen LogP contribution in [0.2, 0.25) is 0 Å². The van der Waals surface area contributed by atoms with E-state index >= 15 is 0 Å². The van der Waals surface area contributed by atoms with Gasteiger partial charge in [-0.15, -0.1) is 11.3 Å². The topological polar surface area (TPSA) is 98.5 Å². The second kappa shape index (κ2) is 7.50. The van der Waals surface area contributed by atoms with Crippen molar-refractivity contribution in [2.24, 2.45) is 0 Å². The summed E-state index contributed by atoms with van der Waals surface area (Å²) in [5, 5.41) is 15.5. The summed E-state index contributed by atoms with van der Waals surface area (Å²) in [5.74, 6) is -1.09. The number of carbonyl (C=O) groups excluding carboxylic acids is 2. The number of para-hydroxylation sites is 1. The Kier molecular flexibility index (Phi) is 5.42. The van der Waals surface area contributed by atoms with E-state index in [2.05, 4.69) is 10.1 Å². The Balaban J connectivity index is 2.24. The first-order valence-electron chi connectivity index (χ1n) is 6.67. The van der Waals surface area contributed by atoms with Crippen LogP contribution >= 0.6 is 11.3 Å². The van der Waals surface area contributed by atoms with Crippen LogP contribution in [0.25, 0.3) is 0 Å². The predicted octanol–water partition coefficient (Wildman–Crippen LogP) is 2.69. The Labute approximate surface area is 136 Å². The van der Waals surface area contributed by atoms with Crippen LogP contribution < -0.4 is 5.32 Å². The molecule has 0 radical (unpaired) electrons. The second-order valence-electron chi connectivity index (χ2n) is 4.60. The van der Waals surface area contributed by atoms with Gasteiger partial charge >= 0.3 is 5.97 Å². The lowest BCUT2D eigenvalue weighted by atomic mass is 10.1. The van der Waals surface area contributed by atoms with Gasteiger partial charge in [-0.25, -0.2) is 0 Å². The molecule has 1 aromatic carbocycles. The molecule has 23 heavy (non-hydrogen) atoms. The first-order valence-corrected chi connectivity index (χ1v) is 7.55. The van der Waals surface area contributed by atoms with Crippen LogP contribution in [0.5, 0.6) is 0 Å². The smallest absolute Gasteiger partial charge is 0.307 e. The number of hydrogen-bond acceptors (Lipinski definition) is 6. The number of hydrogen-bond donors (Lipinski definition) is 1. The zero-order valence-corrected chi connectivity index (χ0v) is 13.0. The summed E-state index contributed by atoms with van der Waals surface area (Å²) in [7, 11) is 1.26. The van der Waals surface area contributed by atoms with Crippen molar-refractivity contribution < 1.29 is 19.2 Å². The molecule has 1 heterocycles. The minimum atomic E-state index is -0.616. The molecule has 1 aromatic heterocycles. The number of thiophene rings is 1. The Bertz CT molecular complexity index is 714. The van der Waals surface area contributed by atoms with Crippen LogP contribution in [0.1, 0.15) is 27.7 Å². The SMILES string of the molecule is COC(=O)CC(NC(=O)c1ccccc1[N+](=O)[O-])c1cccs1. The molecule has 0 bridgehead atoms. The molecule has 1 N–H and O–H groups in total. The monoisotopic (exact) mass is 334 g/mol. The number of amides is 1. The maximum absolute atomic E-state index is 12.4. The molecule has 1 amide bonds. The lowest BCUT2D eigenvalue weighted by molar-refractivity contribution is -0.385. The van der Waals surface area contributed by atoms with Gasteiger partial charge in [-0.2, -0.15) is 0 Å². The van der Waals surface area contributed by atoms with Crippen molar-refractivity contribution in [1.29, 1.82) is 0 Å². The highest BCUT2D eigenvalue weighted by molar-refractivity contribution is 7.10. The lowest BCUT2D eigenvalue weighted by Gasteiger charge is -2.16. The van der Waals surface area contributed by atoms with E-state index in [4.69, 9.17) is 0 Å². The number of methoxy groups -OCH3 is 1. The first-order chi connectivity index (χ1) is 11.0. The maximum Gasteiger partial charge on any atom is 0.307 e. The van der Waals surface area contributed by atoms with Crippen molar-refractivity contribution in [3.8, 4) is 0 Å². The maximum atomic E-state index is 12.4. The van der Waals surface area contributed by atoms with Crippen LogP contribution in [0, 0.1) is 10.1 Å². The van der Waals surface area contributed by atoms with Crippen molar-refractivity contribution in [1.82, 2.24) is 5.32 Å². The fourth-order valence-electron chi connectivity index (χ4n) is 2.02. The minimum Gasteiger partial charge on any atom is -0.469 e. The first kappa shape index (κ1) is 16.6. The Hall–Kier alpha value is -2.74. The Morgan fingerprint density at radius 2 is 2.04 bits per heavy atom. The van der Waals surface area contributed by atoms with E-state index < -0.39 is 22.8 Å². The minimum absolute atomic E-state index is 0.0519. The van der Waals surface area contributed by atoms with Crippen LogP contribution in [0.4, 0.5) is 5.69 Å². The van der Waals surface area contributed by atoms with Gasteiger partial charge < -0.3 is 10.1 Å². The van der Waals surface area contributed by atoms with Crippen LogP contribution in [0.3, 0.4) is 0 Å². The normalized spacial score (nSPS) is 11.5. The highest BCUT2D eigenvalue weighted by atomic mass is 32.1. The molecule has 8 heteroatoms. The number of nitrogens with zero attached hydrogens (tertiary/aromatic N) is 1. The molecule has 0 fully saturated rings. The fraction of sp³-hybridized carbons (Fsp3) is 0.200. The summed E-state index contributed by atoms with van der Waals surface area (Å²) in [6, 6.07) is 8.63. The van der Waals surface area contributed by atoms with Crippen molar-refractivity contribution in [3.63, 3.8) is 0 Å². The molecule has 2 rings (SSSR count). The van der Waals surface area contributed by atoms with Crippen molar-refractivity contribution in [2.45, 2.75) is 12.5 Å². The Morgan fingerprint density at radius 1 is 1.30 bits per heavy atom. The van der Waals surface area contributed by atoms with Crippen molar-refractivity contribution >= 4 is 28.9 Å². The van der Waals surface area contributed by atoms with E-state index in [1.165, 1.54) is 36.6 Å². The molecule has 0 saturated carbocycles.